The Kier molecular flexibility index (Phi) is 4.19. The lowest BCUT2D eigenvalue weighted by molar-refractivity contribution is 0.257. The predicted molar refractivity (Wildman–Crippen MR) is 59.3 cm³/mol. The minimum absolute atomic E-state index is 0.401. The predicted octanol–water partition coefficient (Wildman–Crippen LogP) is 2.18. The van der Waals surface area contributed by atoms with E-state index in [4.69, 9.17) is 17.3 Å². The summed E-state index contributed by atoms with van der Waals surface area (Å²) in [6.45, 7) is 3.68. The first-order chi connectivity index (χ1) is 6.15. The highest BCUT2D eigenvalue weighted by Gasteiger charge is 2.10. The van der Waals surface area contributed by atoms with Gasteiger partial charge in [0.25, 0.3) is 0 Å². The van der Waals surface area contributed by atoms with Gasteiger partial charge in [0.05, 0.1) is 5.02 Å². The van der Waals surface area contributed by atoms with E-state index in [0.717, 1.165) is 11.6 Å². The van der Waals surface area contributed by atoms with Crippen molar-refractivity contribution >= 4 is 22.9 Å². The first-order valence-electron chi connectivity index (χ1n) is 4.27. The van der Waals surface area contributed by atoms with Crippen molar-refractivity contribution in [1.29, 1.82) is 0 Å². The molecule has 0 aliphatic rings. The van der Waals surface area contributed by atoms with Crippen LogP contribution in [0, 0.1) is 0 Å². The van der Waals surface area contributed by atoms with Crippen LogP contribution >= 0.6 is 22.9 Å². The lowest BCUT2D eigenvalue weighted by Gasteiger charge is -2.22. The summed E-state index contributed by atoms with van der Waals surface area (Å²) in [6.07, 6.45) is 0. The molecule has 0 aliphatic carbocycles. The molecule has 1 atom stereocenters. The van der Waals surface area contributed by atoms with Gasteiger partial charge in [-0.2, -0.15) is 0 Å². The van der Waals surface area contributed by atoms with Crippen LogP contribution < -0.4 is 5.73 Å². The molecule has 2 nitrogen and oxygen atoms in total. The third-order valence-corrected chi connectivity index (χ3v) is 3.55. The molecule has 1 aromatic rings. The Balaban J connectivity index is 2.54. The zero-order valence-electron chi connectivity index (χ0n) is 7.96. The van der Waals surface area contributed by atoms with Crippen molar-refractivity contribution in [2.75, 3.05) is 13.6 Å². The number of thiophene rings is 1. The van der Waals surface area contributed by atoms with Crippen LogP contribution in [0.3, 0.4) is 0 Å². The highest BCUT2D eigenvalue weighted by atomic mass is 35.5. The molecule has 13 heavy (non-hydrogen) atoms. The molecule has 0 bridgehead atoms. The molecule has 0 radical (unpaired) electrons. The molecule has 0 saturated carbocycles. The fraction of sp³-hybridized carbons (Fsp3) is 0.556. The third kappa shape index (κ3) is 2.95. The number of likely N-dealkylation sites (N-methyl/N-ethyl adjacent to an activating group) is 1. The van der Waals surface area contributed by atoms with E-state index in [1.807, 2.05) is 11.4 Å². The largest absolute Gasteiger partial charge is 0.329 e. The van der Waals surface area contributed by atoms with Crippen LogP contribution in [0.2, 0.25) is 5.02 Å². The van der Waals surface area contributed by atoms with Crippen molar-refractivity contribution in [3.63, 3.8) is 0 Å². The minimum Gasteiger partial charge on any atom is -0.329 e. The molecule has 2 N–H and O–H groups in total. The third-order valence-electron chi connectivity index (χ3n) is 2.18. The maximum absolute atomic E-state index is 5.98. The summed E-state index contributed by atoms with van der Waals surface area (Å²) < 4.78 is 0. The molecule has 0 saturated heterocycles. The summed E-state index contributed by atoms with van der Waals surface area (Å²) in [6, 6.07) is 2.33. The molecule has 0 amide bonds. The molecule has 1 unspecified atom stereocenters. The zero-order valence-corrected chi connectivity index (χ0v) is 9.53. The highest BCUT2D eigenvalue weighted by Crippen LogP contribution is 2.23. The van der Waals surface area contributed by atoms with Gasteiger partial charge in [0, 0.05) is 24.0 Å². The monoisotopic (exact) mass is 218 g/mol. The lowest BCUT2D eigenvalue weighted by atomic mass is 10.3. The smallest absolute Gasteiger partial charge is 0.0558 e. The maximum atomic E-state index is 5.98. The SMILES string of the molecule is CC(CN)N(C)Cc1sccc1Cl. The first kappa shape index (κ1) is 11.0. The Morgan fingerprint density at radius 1 is 1.69 bits per heavy atom. The van der Waals surface area contributed by atoms with E-state index in [9.17, 15) is 0 Å². The Bertz CT molecular complexity index is 262. The fourth-order valence-electron chi connectivity index (χ4n) is 1.00. The van der Waals surface area contributed by atoms with Crippen LogP contribution in [0.4, 0.5) is 0 Å². The van der Waals surface area contributed by atoms with Gasteiger partial charge in [-0.05, 0) is 25.4 Å². The van der Waals surface area contributed by atoms with E-state index in [2.05, 4.69) is 18.9 Å². The van der Waals surface area contributed by atoms with Crippen molar-refractivity contribution in [2.45, 2.75) is 19.5 Å². The van der Waals surface area contributed by atoms with Gasteiger partial charge in [-0.3, -0.25) is 4.90 Å². The number of halogens is 1. The normalized spacial score (nSPS) is 13.6. The van der Waals surface area contributed by atoms with Gasteiger partial charge >= 0.3 is 0 Å². The van der Waals surface area contributed by atoms with Crippen molar-refractivity contribution in [3.8, 4) is 0 Å². The summed E-state index contributed by atoms with van der Waals surface area (Å²) in [4.78, 5) is 3.42. The zero-order chi connectivity index (χ0) is 9.84. The molecule has 1 aromatic heterocycles. The maximum Gasteiger partial charge on any atom is 0.0558 e. The molecule has 74 valence electrons. The summed E-state index contributed by atoms with van der Waals surface area (Å²) in [5, 5.41) is 2.87. The van der Waals surface area contributed by atoms with E-state index >= 15 is 0 Å². The second kappa shape index (κ2) is 4.96. The van der Waals surface area contributed by atoms with E-state index in [-0.39, 0.29) is 0 Å². The van der Waals surface area contributed by atoms with Gasteiger partial charge in [-0.25, -0.2) is 0 Å². The number of hydrogen-bond donors (Lipinski definition) is 1. The van der Waals surface area contributed by atoms with Gasteiger partial charge < -0.3 is 5.73 Å². The Morgan fingerprint density at radius 3 is 2.85 bits per heavy atom. The molecule has 0 spiro atoms. The van der Waals surface area contributed by atoms with Crippen molar-refractivity contribution in [3.05, 3.63) is 21.3 Å². The van der Waals surface area contributed by atoms with Gasteiger partial charge in [0.15, 0.2) is 0 Å². The first-order valence-corrected chi connectivity index (χ1v) is 5.53. The van der Waals surface area contributed by atoms with Crippen LogP contribution in [0.1, 0.15) is 11.8 Å². The molecule has 0 aromatic carbocycles. The number of nitrogens with two attached hydrogens (primary N) is 1. The number of hydrogen-bond acceptors (Lipinski definition) is 3. The van der Waals surface area contributed by atoms with Crippen molar-refractivity contribution in [2.24, 2.45) is 5.73 Å². The Labute approximate surface area is 88.3 Å². The van der Waals surface area contributed by atoms with Gasteiger partial charge in [-0.1, -0.05) is 11.6 Å². The highest BCUT2D eigenvalue weighted by molar-refractivity contribution is 7.10. The lowest BCUT2D eigenvalue weighted by Crippen LogP contribution is -2.34. The van der Waals surface area contributed by atoms with Gasteiger partial charge in [0.1, 0.15) is 0 Å². The standard InChI is InChI=1S/C9H15ClN2S/c1-7(5-11)12(2)6-9-8(10)3-4-13-9/h3-4,7H,5-6,11H2,1-2H3. The minimum atomic E-state index is 0.401. The van der Waals surface area contributed by atoms with Crippen molar-refractivity contribution < 1.29 is 0 Å². The molecular formula is C9H15ClN2S. The molecule has 0 fully saturated rings. The second-order valence-electron chi connectivity index (χ2n) is 3.19. The summed E-state index contributed by atoms with van der Waals surface area (Å²) in [7, 11) is 2.06. The summed E-state index contributed by atoms with van der Waals surface area (Å²) in [5.74, 6) is 0. The van der Waals surface area contributed by atoms with E-state index in [0.29, 0.717) is 12.6 Å². The molecule has 1 rings (SSSR count). The summed E-state index contributed by atoms with van der Waals surface area (Å²) >= 11 is 7.68. The molecule has 0 aliphatic heterocycles. The fourth-order valence-corrected chi connectivity index (χ4v) is 2.16. The van der Waals surface area contributed by atoms with Crippen LogP contribution in [-0.4, -0.2) is 24.5 Å². The Hall–Kier alpha value is -0.0900. The molecule has 4 heteroatoms. The quantitative estimate of drug-likeness (QED) is 0.840. The van der Waals surface area contributed by atoms with Crippen LogP contribution in [0.15, 0.2) is 11.4 Å². The summed E-state index contributed by atoms with van der Waals surface area (Å²) in [5.41, 5.74) is 5.57. The van der Waals surface area contributed by atoms with Crippen LogP contribution in [0.5, 0.6) is 0 Å². The van der Waals surface area contributed by atoms with Crippen molar-refractivity contribution in [1.82, 2.24) is 4.90 Å². The topological polar surface area (TPSA) is 29.3 Å². The van der Waals surface area contributed by atoms with Gasteiger partial charge in [-0.15, -0.1) is 11.3 Å². The van der Waals surface area contributed by atoms with E-state index in [1.54, 1.807) is 11.3 Å². The number of nitrogens with zero attached hydrogens (tertiary/aromatic N) is 1. The second-order valence-corrected chi connectivity index (χ2v) is 4.60. The van der Waals surface area contributed by atoms with Crippen LogP contribution in [-0.2, 0) is 6.54 Å². The Morgan fingerprint density at radius 2 is 2.38 bits per heavy atom. The van der Waals surface area contributed by atoms with Crippen LogP contribution in [0.25, 0.3) is 0 Å². The van der Waals surface area contributed by atoms with Gasteiger partial charge in [0.2, 0.25) is 0 Å². The van der Waals surface area contributed by atoms with E-state index in [1.165, 1.54) is 4.88 Å². The average Bonchev–Trinajstić information content (AvgIpc) is 2.50. The molecule has 1 heterocycles. The number of rotatable bonds is 4. The molecular weight excluding hydrogens is 204 g/mol. The average molecular weight is 219 g/mol. The van der Waals surface area contributed by atoms with E-state index < -0.39 is 0 Å².